The predicted molar refractivity (Wildman–Crippen MR) is 80.0 cm³/mol. The predicted octanol–water partition coefficient (Wildman–Crippen LogP) is 2.49. The van der Waals surface area contributed by atoms with E-state index in [1.54, 1.807) is 6.20 Å². The van der Waals surface area contributed by atoms with Gasteiger partial charge in [-0.1, -0.05) is 6.07 Å². The summed E-state index contributed by atoms with van der Waals surface area (Å²) in [5.74, 6) is 0.651. The number of imidazole rings is 1. The van der Waals surface area contributed by atoms with Crippen LogP contribution in [-0.4, -0.2) is 20.4 Å². The summed E-state index contributed by atoms with van der Waals surface area (Å²) in [6, 6.07) is 3.56. The van der Waals surface area contributed by atoms with Crippen LogP contribution in [0, 0.1) is 0 Å². The van der Waals surface area contributed by atoms with Gasteiger partial charge in [-0.15, -0.1) is 0 Å². The van der Waals surface area contributed by atoms with Gasteiger partial charge in [0.25, 0.3) is 0 Å². The zero-order chi connectivity index (χ0) is 17.2. The summed E-state index contributed by atoms with van der Waals surface area (Å²) < 4.78 is 40.0. The second kappa shape index (κ2) is 6.62. The van der Waals surface area contributed by atoms with Crippen molar-refractivity contribution >= 4 is 5.91 Å². The van der Waals surface area contributed by atoms with Crippen LogP contribution in [0.2, 0.25) is 0 Å². The van der Waals surface area contributed by atoms with Crippen LogP contribution in [-0.2, 0) is 36.9 Å². The average Bonchev–Trinajstić information content (AvgIpc) is 2.96. The molecule has 2 aromatic heterocycles. The topological polar surface area (TPSA) is 59.8 Å². The van der Waals surface area contributed by atoms with Crippen LogP contribution in [0.5, 0.6) is 0 Å². The molecular weight excluding hydrogens is 321 g/mol. The molecule has 1 amide bonds. The highest BCUT2D eigenvalue weighted by Gasteiger charge is 2.32. The molecule has 0 saturated heterocycles. The molecule has 0 radical (unpaired) electrons. The smallest absolute Gasteiger partial charge is 0.350 e. The molecule has 5 nitrogen and oxygen atoms in total. The van der Waals surface area contributed by atoms with E-state index >= 15 is 0 Å². The molecule has 24 heavy (non-hydrogen) atoms. The number of aryl methyl sites for hydroxylation is 1. The third-order valence-electron chi connectivity index (χ3n) is 3.96. The Balaban J connectivity index is 1.59. The second-order valence-corrected chi connectivity index (χ2v) is 5.74. The first kappa shape index (κ1) is 16.5. The first-order chi connectivity index (χ1) is 11.4. The molecule has 0 bridgehead atoms. The quantitative estimate of drug-likeness (QED) is 0.932. The standard InChI is InChI=1S/C16H17F3N4O/c17-16(18,19)13-5-3-4-11(22-13)8-15(24)21-10-12-9-20-14-6-1-2-7-23(12)14/h3-5,9H,1-2,6-8,10H2,(H,21,24). The lowest BCUT2D eigenvalue weighted by atomic mass is 10.1. The van der Waals surface area contributed by atoms with Crippen molar-refractivity contribution in [3.05, 3.63) is 47.3 Å². The summed E-state index contributed by atoms with van der Waals surface area (Å²) in [4.78, 5) is 19.8. The molecule has 3 rings (SSSR count). The number of rotatable bonds is 4. The average molecular weight is 338 g/mol. The van der Waals surface area contributed by atoms with Crippen LogP contribution in [0.3, 0.4) is 0 Å². The molecule has 0 aromatic carbocycles. The molecule has 0 aliphatic carbocycles. The number of fused-ring (bicyclic) bond motifs is 1. The Morgan fingerprint density at radius 2 is 2.12 bits per heavy atom. The van der Waals surface area contributed by atoms with Gasteiger partial charge in [0.2, 0.25) is 5.91 Å². The minimum atomic E-state index is -4.51. The van der Waals surface area contributed by atoms with E-state index in [1.807, 2.05) is 0 Å². The molecule has 2 aromatic rings. The van der Waals surface area contributed by atoms with Crippen molar-refractivity contribution in [1.29, 1.82) is 0 Å². The summed E-state index contributed by atoms with van der Waals surface area (Å²) in [5.41, 5.74) is 0.0188. The molecule has 3 heterocycles. The van der Waals surface area contributed by atoms with E-state index in [2.05, 4.69) is 19.9 Å². The van der Waals surface area contributed by atoms with Gasteiger partial charge in [0.15, 0.2) is 0 Å². The minimum absolute atomic E-state index is 0.0950. The fraction of sp³-hybridized carbons (Fsp3) is 0.438. The number of carbonyl (C=O) groups excluding carboxylic acids is 1. The summed E-state index contributed by atoms with van der Waals surface area (Å²) in [5, 5.41) is 2.72. The monoisotopic (exact) mass is 338 g/mol. The van der Waals surface area contributed by atoms with Crippen molar-refractivity contribution < 1.29 is 18.0 Å². The number of amides is 1. The highest BCUT2D eigenvalue weighted by Crippen LogP contribution is 2.27. The number of nitrogens with one attached hydrogen (secondary N) is 1. The lowest BCUT2D eigenvalue weighted by molar-refractivity contribution is -0.141. The van der Waals surface area contributed by atoms with E-state index < -0.39 is 11.9 Å². The van der Waals surface area contributed by atoms with Crippen LogP contribution in [0.1, 0.15) is 35.7 Å². The Morgan fingerprint density at radius 1 is 1.29 bits per heavy atom. The Bertz CT molecular complexity index is 739. The first-order valence-electron chi connectivity index (χ1n) is 7.76. The van der Waals surface area contributed by atoms with Gasteiger partial charge in [-0.3, -0.25) is 4.79 Å². The largest absolute Gasteiger partial charge is 0.433 e. The molecule has 0 spiro atoms. The summed E-state index contributed by atoms with van der Waals surface area (Å²) >= 11 is 0. The number of nitrogens with zero attached hydrogens (tertiary/aromatic N) is 3. The van der Waals surface area contributed by atoms with E-state index in [4.69, 9.17) is 0 Å². The zero-order valence-electron chi connectivity index (χ0n) is 12.9. The summed E-state index contributed by atoms with van der Waals surface area (Å²) in [6.45, 7) is 1.19. The van der Waals surface area contributed by atoms with Crippen molar-refractivity contribution in [2.45, 2.75) is 44.9 Å². The van der Waals surface area contributed by atoms with Gasteiger partial charge in [-0.25, -0.2) is 9.97 Å². The van der Waals surface area contributed by atoms with Crippen molar-refractivity contribution in [3.63, 3.8) is 0 Å². The maximum Gasteiger partial charge on any atom is 0.433 e. The normalized spacial score (nSPS) is 14.3. The molecule has 0 fully saturated rings. The summed E-state index contributed by atoms with van der Waals surface area (Å²) in [7, 11) is 0. The highest BCUT2D eigenvalue weighted by atomic mass is 19.4. The molecule has 1 N–H and O–H groups in total. The number of carbonyl (C=O) groups is 1. The van der Waals surface area contributed by atoms with E-state index in [1.165, 1.54) is 12.1 Å². The van der Waals surface area contributed by atoms with Crippen LogP contribution in [0.15, 0.2) is 24.4 Å². The molecule has 8 heteroatoms. The lowest BCUT2D eigenvalue weighted by Gasteiger charge is -2.16. The van der Waals surface area contributed by atoms with E-state index in [0.717, 1.165) is 43.4 Å². The number of alkyl halides is 3. The Kier molecular flexibility index (Phi) is 4.55. The minimum Gasteiger partial charge on any atom is -0.350 e. The van der Waals surface area contributed by atoms with Crippen LogP contribution in [0.25, 0.3) is 0 Å². The van der Waals surface area contributed by atoms with Gasteiger partial charge in [0, 0.05) is 13.0 Å². The maximum atomic E-state index is 12.6. The third kappa shape index (κ3) is 3.74. The fourth-order valence-electron chi connectivity index (χ4n) is 2.77. The van der Waals surface area contributed by atoms with Crippen LogP contribution >= 0.6 is 0 Å². The molecule has 1 aliphatic heterocycles. The van der Waals surface area contributed by atoms with Gasteiger partial charge < -0.3 is 9.88 Å². The van der Waals surface area contributed by atoms with Gasteiger partial charge in [0.1, 0.15) is 11.5 Å². The van der Waals surface area contributed by atoms with Crippen molar-refractivity contribution in [2.24, 2.45) is 0 Å². The molecule has 128 valence electrons. The van der Waals surface area contributed by atoms with Gasteiger partial charge >= 0.3 is 6.18 Å². The number of aromatic nitrogens is 3. The zero-order valence-corrected chi connectivity index (χ0v) is 12.9. The molecule has 0 unspecified atom stereocenters. The Labute approximate surface area is 136 Å². The SMILES string of the molecule is O=C(Cc1cccc(C(F)(F)F)n1)NCc1cnc2n1CCCC2. The highest BCUT2D eigenvalue weighted by molar-refractivity contribution is 5.78. The van der Waals surface area contributed by atoms with Gasteiger partial charge in [-0.05, 0) is 25.0 Å². The van der Waals surface area contributed by atoms with E-state index in [0.29, 0.717) is 6.54 Å². The molecular formula is C16H17F3N4O. The number of halogens is 3. The van der Waals surface area contributed by atoms with E-state index in [-0.39, 0.29) is 18.0 Å². The Hall–Kier alpha value is -2.38. The molecule has 0 saturated carbocycles. The van der Waals surface area contributed by atoms with Gasteiger partial charge in [0.05, 0.1) is 30.6 Å². The van der Waals surface area contributed by atoms with Crippen molar-refractivity contribution in [3.8, 4) is 0 Å². The maximum absolute atomic E-state index is 12.6. The van der Waals surface area contributed by atoms with Gasteiger partial charge in [-0.2, -0.15) is 13.2 Å². The van der Waals surface area contributed by atoms with Crippen LogP contribution in [0.4, 0.5) is 13.2 Å². The molecule has 1 aliphatic rings. The second-order valence-electron chi connectivity index (χ2n) is 5.74. The van der Waals surface area contributed by atoms with Crippen LogP contribution < -0.4 is 5.32 Å². The summed E-state index contributed by atoms with van der Waals surface area (Å²) in [6.07, 6.45) is 0.169. The van der Waals surface area contributed by atoms with Crippen molar-refractivity contribution in [1.82, 2.24) is 19.9 Å². The number of hydrogen-bond donors (Lipinski definition) is 1. The Morgan fingerprint density at radius 3 is 2.92 bits per heavy atom. The lowest BCUT2D eigenvalue weighted by Crippen LogP contribution is -2.27. The van der Waals surface area contributed by atoms with Crippen molar-refractivity contribution in [2.75, 3.05) is 0 Å². The van der Waals surface area contributed by atoms with E-state index in [9.17, 15) is 18.0 Å². The molecule has 0 atom stereocenters. The third-order valence-corrected chi connectivity index (χ3v) is 3.96. The number of hydrogen-bond acceptors (Lipinski definition) is 3. The first-order valence-corrected chi connectivity index (χ1v) is 7.76. The number of pyridine rings is 1. The fourth-order valence-corrected chi connectivity index (χ4v) is 2.77.